The van der Waals surface area contributed by atoms with Crippen LogP contribution in [0.5, 0.6) is 5.75 Å². The highest BCUT2D eigenvalue weighted by Crippen LogP contribution is 2.28. The van der Waals surface area contributed by atoms with Gasteiger partial charge in [0.15, 0.2) is 11.5 Å². The largest absolute Gasteiger partial charge is 0.496 e. The monoisotopic (exact) mass is 455 g/mol. The molecule has 0 spiro atoms. The van der Waals surface area contributed by atoms with Gasteiger partial charge >= 0.3 is 0 Å². The van der Waals surface area contributed by atoms with E-state index in [1.807, 2.05) is 31.2 Å². The van der Waals surface area contributed by atoms with Gasteiger partial charge in [0.1, 0.15) is 5.75 Å². The van der Waals surface area contributed by atoms with Crippen molar-refractivity contribution in [2.75, 3.05) is 25.1 Å². The van der Waals surface area contributed by atoms with Crippen molar-refractivity contribution in [2.45, 2.75) is 40.5 Å². The number of allylic oxidation sites excluding steroid dienone is 1. The maximum atomic E-state index is 5.54. The van der Waals surface area contributed by atoms with Gasteiger partial charge in [-0.05, 0) is 74.2 Å². The van der Waals surface area contributed by atoms with E-state index in [1.54, 1.807) is 11.6 Å². The molecule has 0 bridgehead atoms. The molecule has 0 N–H and O–H groups in total. The van der Waals surface area contributed by atoms with E-state index in [0.717, 1.165) is 46.5 Å². The lowest BCUT2D eigenvalue weighted by atomic mass is 10.0. The molecule has 2 aromatic carbocycles. The number of ether oxygens (including phenoxy) is 1. The zero-order valence-electron chi connectivity index (χ0n) is 20.8. The van der Waals surface area contributed by atoms with Gasteiger partial charge in [0.05, 0.1) is 18.4 Å². The summed E-state index contributed by atoms with van der Waals surface area (Å²) in [5, 5.41) is 14.7. The molecule has 0 radical (unpaired) electrons. The summed E-state index contributed by atoms with van der Waals surface area (Å²) in [5.41, 5.74) is 6.87. The summed E-state index contributed by atoms with van der Waals surface area (Å²) in [5.74, 6) is 1.38. The summed E-state index contributed by atoms with van der Waals surface area (Å²) >= 11 is 0. The average Bonchev–Trinajstić information content (AvgIpc) is 3.41. The number of para-hydroxylation sites is 1. The molecule has 0 aliphatic carbocycles. The van der Waals surface area contributed by atoms with Gasteiger partial charge < -0.3 is 9.64 Å². The number of hydrogen-bond donors (Lipinski definition) is 0. The van der Waals surface area contributed by atoms with Crippen LogP contribution in [0, 0.1) is 6.92 Å². The van der Waals surface area contributed by atoms with E-state index in [4.69, 9.17) is 9.84 Å². The van der Waals surface area contributed by atoms with Gasteiger partial charge in [-0.3, -0.25) is 0 Å². The highest BCUT2D eigenvalue weighted by molar-refractivity contribution is 5.73. The molecule has 0 amide bonds. The van der Waals surface area contributed by atoms with Crippen molar-refractivity contribution >= 4 is 23.0 Å². The Morgan fingerprint density at radius 2 is 1.94 bits per heavy atom. The first-order valence-electron chi connectivity index (χ1n) is 11.9. The van der Waals surface area contributed by atoms with Crippen LogP contribution in [0.3, 0.4) is 0 Å². The average molecular weight is 456 g/mol. The Morgan fingerprint density at radius 3 is 2.62 bits per heavy atom. The van der Waals surface area contributed by atoms with E-state index in [9.17, 15) is 0 Å². The van der Waals surface area contributed by atoms with Crippen molar-refractivity contribution in [1.29, 1.82) is 0 Å². The lowest BCUT2D eigenvalue weighted by Crippen LogP contribution is -2.23. The smallest absolute Gasteiger partial charge is 0.189 e. The van der Waals surface area contributed by atoms with Crippen LogP contribution in [0.25, 0.3) is 28.7 Å². The first kappa shape index (κ1) is 23.5. The SMILES string of the molecule is C=C(C)c1nn2c(-c3ccccc3OC)nnc2/c1=C\c1ccc(N(CC)CCCC)cc1C. The normalized spacial score (nSPS) is 11.9. The van der Waals surface area contributed by atoms with Crippen LogP contribution in [-0.2, 0) is 0 Å². The fraction of sp³-hybridized carbons (Fsp3) is 0.321. The van der Waals surface area contributed by atoms with Crippen LogP contribution >= 0.6 is 0 Å². The second-order valence-corrected chi connectivity index (χ2v) is 8.62. The Hall–Kier alpha value is -3.67. The van der Waals surface area contributed by atoms with E-state index < -0.39 is 0 Å². The van der Waals surface area contributed by atoms with Crippen LogP contribution in [0.4, 0.5) is 5.69 Å². The zero-order chi connectivity index (χ0) is 24.2. The summed E-state index contributed by atoms with van der Waals surface area (Å²) < 4.78 is 7.33. The number of methoxy groups -OCH3 is 1. The number of rotatable bonds is 9. The molecule has 2 aromatic heterocycles. The molecule has 4 rings (SSSR count). The molecule has 176 valence electrons. The lowest BCUT2D eigenvalue weighted by Gasteiger charge is -2.23. The predicted octanol–water partition coefficient (Wildman–Crippen LogP) is 5.32. The number of hydrogen-bond acceptors (Lipinski definition) is 5. The molecule has 0 fully saturated rings. The van der Waals surface area contributed by atoms with E-state index in [2.05, 4.69) is 66.7 Å². The number of anilines is 1. The quantitative estimate of drug-likeness (QED) is 0.342. The maximum Gasteiger partial charge on any atom is 0.189 e. The molecule has 4 aromatic rings. The molecule has 0 atom stereocenters. The number of unbranched alkanes of at least 4 members (excludes halogenated alkanes) is 1. The second-order valence-electron chi connectivity index (χ2n) is 8.62. The summed E-state index contributed by atoms with van der Waals surface area (Å²) in [6.45, 7) is 14.8. The zero-order valence-corrected chi connectivity index (χ0v) is 20.8. The minimum absolute atomic E-state index is 0.649. The van der Waals surface area contributed by atoms with Crippen LogP contribution in [0.2, 0.25) is 0 Å². The van der Waals surface area contributed by atoms with Gasteiger partial charge in [-0.2, -0.15) is 9.61 Å². The Labute approximate surface area is 201 Å². The number of aryl methyl sites for hydroxylation is 1. The molecule has 0 saturated carbocycles. The standard InChI is InChI=1S/C28H33N5O/c1-7-9-16-32(8-2)22-15-14-21(20(5)17-22)18-24-26(19(3)4)31-33-27(29-30-28(24)33)23-12-10-11-13-25(23)34-6/h10-15,17-18H,3,7-9,16H2,1-2,4-6H3/b24-18-. The van der Waals surface area contributed by atoms with Gasteiger partial charge in [-0.1, -0.05) is 38.1 Å². The van der Waals surface area contributed by atoms with Crippen molar-refractivity contribution in [3.05, 3.63) is 71.1 Å². The minimum atomic E-state index is 0.649. The fourth-order valence-corrected chi connectivity index (χ4v) is 4.24. The molecule has 0 unspecified atom stereocenters. The molecule has 6 nitrogen and oxygen atoms in total. The Balaban J connectivity index is 1.83. The Bertz CT molecular complexity index is 1370. The first-order chi connectivity index (χ1) is 16.5. The topological polar surface area (TPSA) is 55.6 Å². The third-order valence-corrected chi connectivity index (χ3v) is 6.17. The summed E-state index contributed by atoms with van der Waals surface area (Å²) in [4.78, 5) is 2.43. The number of nitrogens with zero attached hydrogens (tertiary/aromatic N) is 5. The first-order valence-corrected chi connectivity index (χ1v) is 11.9. The van der Waals surface area contributed by atoms with Crippen molar-refractivity contribution in [2.24, 2.45) is 0 Å². The number of fused-ring (bicyclic) bond motifs is 1. The van der Waals surface area contributed by atoms with Gasteiger partial charge in [0, 0.05) is 24.0 Å². The third kappa shape index (κ3) is 4.40. The van der Waals surface area contributed by atoms with Crippen molar-refractivity contribution in [3.8, 4) is 17.1 Å². The molecule has 0 saturated heterocycles. The van der Waals surface area contributed by atoms with Crippen molar-refractivity contribution in [3.63, 3.8) is 0 Å². The fourth-order valence-electron chi connectivity index (χ4n) is 4.24. The summed E-state index contributed by atoms with van der Waals surface area (Å²) in [6, 6.07) is 14.4. The molecule has 0 aliphatic heterocycles. The molecule has 0 aliphatic rings. The Kier molecular flexibility index (Phi) is 6.96. The van der Waals surface area contributed by atoms with Crippen LogP contribution in [0.1, 0.15) is 50.4 Å². The number of benzene rings is 2. The van der Waals surface area contributed by atoms with E-state index in [-0.39, 0.29) is 0 Å². The molecular formula is C28H33N5O. The summed E-state index contributed by atoms with van der Waals surface area (Å²) in [6.07, 6.45) is 4.54. The van der Waals surface area contributed by atoms with E-state index in [1.165, 1.54) is 24.1 Å². The minimum Gasteiger partial charge on any atom is -0.496 e. The number of aromatic nitrogens is 4. The Morgan fingerprint density at radius 1 is 1.15 bits per heavy atom. The molecular weight excluding hydrogens is 422 g/mol. The predicted molar refractivity (Wildman–Crippen MR) is 140 cm³/mol. The highest BCUT2D eigenvalue weighted by atomic mass is 16.5. The van der Waals surface area contributed by atoms with Crippen LogP contribution in [-0.4, -0.2) is 40.0 Å². The molecule has 6 heteroatoms. The third-order valence-electron chi connectivity index (χ3n) is 6.17. The van der Waals surface area contributed by atoms with Crippen LogP contribution < -0.4 is 14.9 Å². The van der Waals surface area contributed by atoms with E-state index in [0.29, 0.717) is 11.5 Å². The van der Waals surface area contributed by atoms with Crippen molar-refractivity contribution < 1.29 is 4.74 Å². The van der Waals surface area contributed by atoms with Crippen LogP contribution in [0.15, 0.2) is 49.0 Å². The molecule has 2 heterocycles. The van der Waals surface area contributed by atoms with Gasteiger partial charge in [-0.15, -0.1) is 10.2 Å². The van der Waals surface area contributed by atoms with Gasteiger partial charge in [0.2, 0.25) is 0 Å². The second kappa shape index (κ2) is 10.1. The maximum absolute atomic E-state index is 5.54. The summed E-state index contributed by atoms with van der Waals surface area (Å²) in [7, 11) is 1.66. The highest BCUT2D eigenvalue weighted by Gasteiger charge is 2.18. The van der Waals surface area contributed by atoms with Crippen molar-refractivity contribution in [1.82, 2.24) is 19.8 Å². The molecule has 34 heavy (non-hydrogen) atoms. The van der Waals surface area contributed by atoms with Gasteiger partial charge in [0.25, 0.3) is 0 Å². The van der Waals surface area contributed by atoms with E-state index >= 15 is 0 Å². The van der Waals surface area contributed by atoms with Gasteiger partial charge in [-0.25, -0.2) is 0 Å². The lowest BCUT2D eigenvalue weighted by molar-refractivity contribution is 0.416.